The van der Waals surface area contributed by atoms with E-state index in [9.17, 15) is 18.3 Å². The third-order valence-corrected chi connectivity index (χ3v) is 4.56. The molecule has 0 fully saturated rings. The fourth-order valence-electron chi connectivity index (χ4n) is 3.13. The smallest absolute Gasteiger partial charge is 0.416 e. The Labute approximate surface area is 171 Å². The number of rotatable bonds is 8. The summed E-state index contributed by atoms with van der Waals surface area (Å²) in [5.74, 6) is 1.33. The van der Waals surface area contributed by atoms with Crippen molar-refractivity contribution in [1.82, 2.24) is 9.97 Å². The number of aliphatic hydroxyl groups excluding tert-OH is 1. The number of aromatic nitrogens is 2. The maximum atomic E-state index is 12.7. The molecule has 1 aromatic heterocycles. The van der Waals surface area contributed by atoms with Gasteiger partial charge in [0.05, 0.1) is 11.1 Å². The van der Waals surface area contributed by atoms with Gasteiger partial charge in [-0.1, -0.05) is 13.3 Å². The number of hydrogen-bond donors (Lipinski definition) is 3. The Bertz CT molecular complexity index is 988. The third kappa shape index (κ3) is 5.29. The second kappa shape index (κ2) is 9.17. The fraction of sp³-hybridized carbons (Fsp3) is 0.333. The van der Waals surface area contributed by atoms with Crippen molar-refractivity contribution < 1.29 is 23.0 Å². The highest BCUT2D eigenvalue weighted by Gasteiger charge is 2.30. The van der Waals surface area contributed by atoms with Crippen LogP contribution in [-0.4, -0.2) is 27.7 Å². The molecule has 0 aliphatic rings. The summed E-state index contributed by atoms with van der Waals surface area (Å²) in [6.45, 7) is 2.09. The number of fused-ring (bicyclic) bond motifs is 1. The molecule has 1 unspecified atom stereocenters. The van der Waals surface area contributed by atoms with E-state index in [0.29, 0.717) is 28.9 Å². The third-order valence-electron chi connectivity index (χ3n) is 4.56. The van der Waals surface area contributed by atoms with Crippen LogP contribution in [0.3, 0.4) is 0 Å². The molecule has 160 valence electrons. The van der Waals surface area contributed by atoms with Gasteiger partial charge >= 0.3 is 6.18 Å². The number of nitrogen functional groups attached to an aromatic ring is 1. The van der Waals surface area contributed by atoms with Crippen LogP contribution in [-0.2, 0) is 6.18 Å². The number of aliphatic hydroxyl groups is 1. The van der Waals surface area contributed by atoms with Gasteiger partial charge in [0.25, 0.3) is 0 Å². The van der Waals surface area contributed by atoms with Crippen LogP contribution < -0.4 is 15.8 Å². The molecule has 0 spiro atoms. The van der Waals surface area contributed by atoms with E-state index in [-0.39, 0.29) is 24.3 Å². The first-order valence-electron chi connectivity index (χ1n) is 9.60. The highest BCUT2D eigenvalue weighted by molar-refractivity contribution is 5.91. The van der Waals surface area contributed by atoms with E-state index in [1.54, 1.807) is 18.2 Å². The van der Waals surface area contributed by atoms with Crippen molar-refractivity contribution in [2.45, 2.75) is 38.4 Å². The molecular formula is C21H23F3N4O2. The fourth-order valence-corrected chi connectivity index (χ4v) is 3.13. The van der Waals surface area contributed by atoms with Gasteiger partial charge in [0.15, 0.2) is 0 Å². The molecular weight excluding hydrogens is 397 g/mol. The molecule has 0 saturated carbocycles. The first kappa shape index (κ1) is 21.6. The van der Waals surface area contributed by atoms with Crippen LogP contribution in [0.15, 0.2) is 42.5 Å². The lowest BCUT2D eigenvalue weighted by molar-refractivity contribution is -0.137. The van der Waals surface area contributed by atoms with Gasteiger partial charge in [-0.3, -0.25) is 0 Å². The van der Waals surface area contributed by atoms with E-state index in [4.69, 9.17) is 10.5 Å². The standard InChI is InChI=1S/C21H23F3N4O2/c1-2-3-14(10-11-29)26-19-17-12-16(8-9-18(17)27-20(25)28-19)30-15-6-4-13(5-7-15)21(22,23)24/h4-9,12,14,29H,2-3,10-11H2,1H3,(H3,25,26,27,28). The van der Waals surface area contributed by atoms with Crippen LogP contribution in [0.25, 0.3) is 10.9 Å². The van der Waals surface area contributed by atoms with E-state index in [0.717, 1.165) is 25.0 Å². The molecule has 3 aromatic rings. The summed E-state index contributed by atoms with van der Waals surface area (Å²) >= 11 is 0. The van der Waals surface area contributed by atoms with Gasteiger partial charge in [-0.25, -0.2) is 4.98 Å². The van der Waals surface area contributed by atoms with Crippen molar-refractivity contribution in [3.8, 4) is 11.5 Å². The van der Waals surface area contributed by atoms with Gasteiger partial charge in [-0.05, 0) is 55.3 Å². The van der Waals surface area contributed by atoms with Crippen molar-refractivity contribution in [3.05, 3.63) is 48.0 Å². The Hall–Kier alpha value is -3.07. The average molecular weight is 420 g/mol. The van der Waals surface area contributed by atoms with Gasteiger partial charge in [0, 0.05) is 18.0 Å². The highest BCUT2D eigenvalue weighted by atomic mass is 19.4. The largest absolute Gasteiger partial charge is 0.457 e. The number of alkyl halides is 3. The molecule has 0 bridgehead atoms. The van der Waals surface area contributed by atoms with Crippen molar-refractivity contribution >= 4 is 22.7 Å². The van der Waals surface area contributed by atoms with Crippen LogP contribution in [0.5, 0.6) is 11.5 Å². The number of anilines is 2. The van der Waals surface area contributed by atoms with Crippen LogP contribution in [0.4, 0.5) is 24.9 Å². The summed E-state index contributed by atoms with van der Waals surface area (Å²) in [6, 6.07) is 9.56. The predicted octanol–water partition coefficient (Wildman–Crippen LogP) is 4.99. The monoisotopic (exact) mass is 420 g/mol. The Morgan fingerprint density at radius 1 is 1.07 bits per heavy atom. The Kier molecular flexibility index (Phi) is 6.61. The lowest BCUT2D eigenvalue weighted by atomic mass is 10.1. The van der Waals surface area contributed by atoms with Gasteiger partial charge in [0.2, 0.25) is 5.95 Å². The summed E-state index contributed by atoms with van der Waals surface area (Å²) < 4.78 is 43.9. The molecule has 3 rings (SSSR count). The summed E-state index contributed by atoms with van der Waals surface area (Å²) in [4.78, 5) is 8.50. The number of benzene rings is 2. The van der Waals surface area contributed by atoms with E-state index in [2.05, 4.69) is 22.2 Å². The minimum absolute atomic E-state index is 0.0111. The molecule has 0 radical (unpaired) electrons. The summed E-state index contributed by atoms with van der Waals surface area (Å²) in [7, 11) is 0. The minimum Gasteiger partial charge on any atom is -0.457 e. The van der Waals surface area contributed by atoms with Crippen LogP contribution in [0.2, 0.25) is 0 Å². The number of halogens is 3. The Balaban J connectivity index is 1.89. The second-order valence-corrected chi connectivity index (χ2v) is 6.88. The topological polar surface area (TPSA) is 93.3 Å². The van der Waals surface area contributed by atoms with Crippen LogP contribution in [0.1, 0.15) is 31.7 Å². The lowest BCUT2D eigenvalue weighted by Crippen LogP contribution is -2.22. The highest BCUT2D eigenvalue weighted by Crippen LogP contribution is 2.33. The molecule has 0 aliphatic carbocycles. The number of nitrogens with zero attached hydrogens (tertiary/aromatic N) is 2. The van der Waals surface area contributed by atoms with E-state index in [1.165, 1.54) is 12.1 Å². The zero-order valence-electron chi connectivity index (χ0n) is 16.4. The maximum Gasteiger partial charge on any atom is 0.416 e. The molecule has 30 heavy (non-hydrogen) atoms. The van der Waals surface area contributed by atoms with Gasteiger partial charge < -0.3 is 20.9 Å². The normalized spacial score (nSPS) is 12.7. The molecule has 1 atom stereocenters. The summed E-state index contributed by atoms with van der Waals surface area (Å²) in [6.07, 6.45) is -2.07. The van der Waals surface area contributed by atoms with Crippen LogP contribution >= 0.6 is 0 Å². The zero-order chi connectivity index (χ0) is 21.7. The molecule has 4 N–H and O–H groups in total. The molecule has 0 aliphatic heterocycles. The van der Waals surface area contributed by atoms with E-state index in [1.807, 2.05) is 0 Å². The lowest BCUT2D eigenvalue weighted by Gasteiger charge is -2.19. The average Bonchev–Trinajstić information content (AvgIpc) is 2.68. The molecule has 2 aromatic carbocycles. The Morgan fingerprint density at radius 2 is 1.77 bits per heavy atom. The molecule has 0 amide bonds. The zero-order valence-corrected chi connectivity index (χ0v) is 16.4. The molecule has 0 saturated heterocycles. The maximum absolute atomic E-state index is 12.7. The van der Waals surface area contributed by atoms with Crippen molar-refractivity contribution in [1.29, 1.82) is 0 Å². The Morgan fingerprint density at radius 3 is 2.40 bits per heavy atom. The predicted molar refractivity (Wildman–Crippen MR) is 109 cm³/mol. The summed E-state index contributed by atoms with van der Waals surface area (Å²) in [5.41, 5.74) is 5.68. The van der Waals surface area contributed by atoms with E-state index >= 15 is 0 Å². The first-order chi connectivity index (χ1) is 14.3. The number of nitrogens with one attached hydrogen (secondary N) is 1. The number of ether oxygens (including phenoxy) is 1. The van der Waals surface area contributed by atoms with Gasteiger partial charge in [-0.2, -0.15) is 18.2 Å². The van der Waals surface area contributed by atoms with Crippen molar-refractivity contribution in [3.63, 3.8) is 0 Å². The van der Waals surface area contributed by atoms with Crippen molar-refractivity contribution in [2.75, 3.05) is 17.7 Å². The van der Waals surface area contributed by atoms with Gasteiger partial charge in [-0.15, -0.1) is 0 Å². The molecule has 6 nitrogen and oxygen atoms in total. The minimum atomic E-state index is -4.40. The second-order valence-electron chi connectivity index (χ2n) is 6.88. The molecule has 9 heteroatoms. The van der Waals surface area contributed by atoms with Crippen molar-refractivity contribution in [2.24, 2.45) is 0 Å². The van der Waals surface area contributed by atoms with E-state index < -0.39 is 11.7 Å². The SMILES string of the molecule is CCCC(CCO)Nc1nc(N)nc2ccc(Oc3ccc(C(F)(F)F)cc3)cc12. The number of nitrogens with two attached hydrogens (primary N) is 1. The van der Waals surface area contributed by atoms with Gasteiger partial charge in [0.1, 0.15) is 17.3 Å². The first-order valence-corrected chi connectivity index (χ1v) is 9.60. The number of hydrogen-bond acceptors (Lipinski definition) is 6. The summed E-state index contributed by atoms with van der Waals surface area (Å²) in [5, 5.41) is 13.3. The van der Waals surface area contributed by atoms with Crippen LogP contribution in [0, 0.1) is 0 Å². The molecule has 1 heterocycles. The quantitative estimate of drug-likeness (QED) is 0.476.